The van der Waals surface area contributed by atoms with E-state index in [1.54, 1.807) is 7.11 Å². The zero-order valence-corrected chi connectivity index (χ0v) is 13.6. The molecule has 0 aromatic heterocycles. The Kier molecular flexibility index (Phi) is 5.48. The molecule has 0 spiro atoms. The van der Waals surface area contributed by atoms with Crippen LogP contribution >= 0.6 is 0 Å². The fraction of sp³-hybridized carbons (Fsp3) is 0.647. The second-order valence-electron chi connectivity index (χ2n) is 5.62. The molecule has 0 saturated heterocycles. The molecule has 1 aliphatic heterocycles. The van der Waals surface area contributed by atoms with Crippen LogP contribution in [0, 0.1) is 0 Å². The maximum absolute atomic E-state index is 5.80. The number of nitrogens with one attached hydrogen (secondary N) is 1. The number of ether oxygens (including phenoxy) is 3. The fourth-order valence-corrected chi connectivity index (χ4v) is 2.72. The van der Waals surface area contributed by atoms with Crippen molar-refractivity contribution in [3.63, 3.8) is 0 Å². The summed E-state index contributed by atoms with van der Waals surface area (Å²) < 4.78 is 17.3. The number of hydrogen-bond donors (Lipinski definition) is 1. The molecule has 2 unspecified atom stereocenters. The van der Waals surface area contributed by atoms with Gasteiger partial charge in [0.15, 0.2) is 11.5 Å². The van der Waals surface area contributed by atoms with Crippen molar-refractivity contribution in [2.75, 3.05) is 26.9 Å². The van der Waals surface area contributed by atoms with Gasteiger partial charge in [-0.05, 0) is 37.6 Å². The Balaban J connectivity index is 2.34. The molecule has 0 aliphatic carbocycles. The summed E-state index contributed by atoms with van der Waals surface area (Å²) in [5.41, 5.74) is 0.919. The minimum atomic E-state index is -0.254. The molecule has 4 heteroatoms. The minimum Gasteiger partial charge on any atom is -0.490 e. The Morgan fingerprint density at radius 3 is 2.57 bits per heavy atom. The molecule has 1 aromatic rings. The molecule has 0 radical (unpaired) electrons. The summed E-state index contributed by atoms with van der Waals surface area (Å²) in [7, 11) is 1.77. The molecule has 1 N–H and O–H groups in total. The lowest BCUT2D eigenvalue weighted by Gasteiger charge is -2.37. The zero-order chi connectivity index (χ0) is 15.3. The van der Waals surface area contributed by atoms with E-state index in [1.807, 2.05) is 6.07 Å². The molecule has 1 aromatic carbocycles. The first-order valence-corrected chi connectivity index (χ1v) is 7.82. The van der Waals surface area contributed by atoms with Crippen molar-refractivity contribution < 1.29 is 14.2 Å². The van der Waals surface area contributed by atoms with E-state index in [4.69, 9.17) is 14.2 Å². The van der Waals surface area contributed by atoms with E-state index in [9.17, 15) is 0 Å². The normalized spacial score (nSPS) is 18.7. The molecule has 2 rings (SSSR count). The van der Waals surface area contributed by atoms with Gasteiger partial charge in [-0.3, -0.25) is 0 Å². The van der Waals surface area contributed by atoms with Gasteiger partial charge in [0.2, 0.25) is 0 Å². The highest BCUT2D eigenvalue weighted by molar-refractivity contribution is 5.44. The second kappa shape index (κ2) is 7.14. The molecule has 118 valence electrons. The van der Waals surface area contributed by atoms with Crippen molar-refractivity contribution in [2.24, 2.45) is 0 Å². The summed E-state index contributed by atoms with van der Waals surface area (Å²) in [4.78, 5) is 0. The number of fused-ring (bicyclic) bond motifs is 1. The Morgan fingerprint density at radius 2 is 1.95 bits per heavy atom. The Bertz CT molecular complexity index is 457. The van der Waals surface area contributed by atoms with Crippen molar-refractivity contribution in [1.82, 2.24) is 5.32 Å². The Hall–Kier alpha value is -1.26. The van der Waals surface area contributed by atoms with Gasteiger partial charge in [0.05, 0.1) is 24.9 Å². The van der Waals surface area contributed by atoms with E-state index >= 15 is 0 Å². The highest BCUT2D eigenvalue weighted by atomic mass is 16.5. The molecule has 2 atom stereocenters. The van der Waals surface area contributed by atoms with E-state index in [0.717, 1.165) is 30.9 Å². The van der Waals surface area contributed by atoms with E-state index in [1.165, 1.54) is 5.56 Å². The highest BCUT2D eigenvalue weighted by Gasteiger charge is 2.33. The predicted molar refractivity (Wildman–Crippen MR) is 84.2 cm³/mol. The SMILES string of the molecule is CCNC(c1ccc2c(c1)OCCCO2)C(C)(CC)OC. The number of methoxy groups -OCH3 is 1. The summed E-state index contributed by atoms with van der Waals surface area (Å²) in [5.74, 6) is 1.67. The Morgan fingerprint density at radius 1 is 1.24 bits per heavy atom. The van der Waals surface area contributed by atoms with Crippen LogP contribution < -0.4 is 14.8 Å². The second-order valence-corrected chi connectivity index (χ2v) is 5.62. The summed E-state index contributed by atoms with van der Waals surface area (Å²) >= 11 is 0. The Labute approximate surface area is 127 Å². The van der Waals surface area contributed by atoms with Crippen molar-refractivity contribution >= 4 is 0 Å². The van der Waals surface area contributed by atoms with E-state index < -0.39 is 0 Å². The van der Waals surface area contributed by atoms with Crippen molar-refractivity contribution in [3.05, 3.63) is 23.8 Å². The van der Waals surface area contributed by atoms with Gasteiger partial charge >= 0.3 is 0 Å². The number of rotatable bonds is 6. The van der Waals surface area contributed by atoms with Crippen LogP contribution in [0.4, 0.5) is 0 Å². The van der Waals surface area contributed by atoms with Gasteiger partial charge in [-0.2, -0.15) is 0 Å². The lowest BCUT2D eigenvalue weighted by Crippen LogP contribution is -2.42. The molecular formula is C17H27NO3. The van der Waals surface area contributed by atoms with Gasteiger partial charge in [0.1, 0.15) is 0 Å². The standard InChI is InChI=1S/C17H27NO3/c1-5-17(3,19-4)16(18-6-2)13-8-9-14-15(12-13)21-11-7-10-20-14/h8-9,12,16,18H,5-7,10-11H2,1-4H3. The summed E-state index contributed by atoms with van der Waals surface area (Å²) in [6, 6.07) is 6.32. The largest absolute Gasteiger partial charge is 0.490 e. The number of benzene rings is 1. The van der Waals surface area contributed by atoms with Gasteiger partial charge < -0.3 is 19.5 Å². The van der Waals surface area contributed by atoms with Gasteiger partial charge in [0, 0.05) is 13.5 Å². The van der Waals surface area contributed by atoms with Crippen LogP contribution in [0.2, 0.25) is 0 Å². The fourth-order valence-electron chi connectivity index (χ4n) is 2.72. The van der Waals surface area contributed by atoms with Gasteiger partial charge in [-0.25, -0.2) is 0 Å². The molecule has 0 fully saturated rings. The molecule has 1 heterocycles. The quantitative estimate of drug-likeness (QED) is 0.873. The van der Waals surface area contributed by atoms with Gasteiger partial charge in [-0.1, -0.05) is 19.9 Å². The van der Waals surface area contributed by atoms with Crippen LogP contribution in [-0.2, 0) is 4.74 Å². The van der Waals surface area contributed by atoms with Crippen LogP contribution in [0.15, 0.2) is 18.2 Å². The molecule has 0 saturated carbocycles. The first-order valence-electron chi connectivity index (χ1n) is 7.82. The van der Waals surface area contributed by atoms with Crippen molar-refractivity contribution in [1.29, 1.82) is 0 Å². The first kappa shape index (κ1) is 16.1. The van der Waals surface area contributed by atoms with Crippen molar-refractivity contribution in [3.8, 4) is 11.5 Å². The lowest BCUT2D eigenvalue weighted by atomic mass is 9.87. The third kappa shape index (κ3) is 3.50. The third-order valence-electron chi connectivity index (χ3n) is 4.29. The first-order chi connectivity index (χ1) is 10.1. The average molecular weight is 293 g/mol. The van der Waals surface area contributed by atoms with Crippen LogP contribution in [0.3, 0.4) is 0 Å². The monoisotopic (exact) mass is 293 g/mol. The third-order valence-corrected chi connectivity index (χ3v) is 4.29. The molecule has 0 bridgehead atoms. The van der Waals surface area contributed by atoms with Gasteiger partial charge in [0.25, 0.3) is 0 Å². The van der Waals surface area contributed by atoms with Crippen LogP contribution in [-0.4, -0.2) is 32.5 Å². The predicted octanol–water partition coefficient (Wildman–Crippen LogP) is 3.31. The minimum absolute atomic E-state index is 0.120. The topological polar surface area (TPSA) is 39.7 Å². The molecular weight excluding hydrogens is 266 g/mol. The number of hydrogen-bond acceptors (Lipinski definition) is 4. The summed E-state index contributed by atoms with van der Waals surface area (Å²) in [5, 5.41) is 3.54. The summed E-state index contributed by atoms with van der Waals surface area (Å²) in [6.07, 6.45) is 1.85. The van der Waals surface area contributed by atoms with Crippen LogP contribution in [0.1, 0.15) is 45.2 Å². The van der Waals surface area contributed by atoms with E-state index in [-0.39, 0.29) is 11.6 Å². The maximum Gasteiger partial charge on any atom is 0.161 e. The summed E-state index contributed by atoms with van der Waals surface area (Å²) in [6.45, 7) is 8.71. The van der Waals surface area contributed by atoms with Crippen molar-refractivity contribution in [2.45, 2.75) is 45.3 Å². The number of likely N-dealkylation sites (N-methyl/N-ethyl adjacent to an activating group) is 1. The smallest absolute Gasteiger partial charge is 0.161 e. The van der Waals surface area contributed by atoms with E-state index in [2.05, 4.69) is 38.2 Å². The highest BCUT2D eigenvalue weighted by Crippen LogP contribution is 2.37. The van der Waals surface area contributed by atoms with Crippen LogP contribution in [0.25, 0.3) is 0 Å². The van der Waals surface area contributed by atoms with E-state index in [0.29, 0.717) is 13.2 Å². The molecule has 0 amide bonds. The van der Waals surface area contributed by atoms with Crippen LogP contribution in [0.5, 0.6) is 11.5 Å². The molecule has 21 heavy (non-hydrogen) atoms. The maximum atomic E-state index is 5.80. The van der Waals surface area contributed by atoms with Gasteiger partial charge in [-0.15, -0.1) is 0 Å². The zero-order valence-electron chi connectivity index (χ0n) is 13.6. The lowest BCUT2D eigenvalue weighted by molar-refractivity contribution is -0.0296. The molecule has 4 nitrogen and oxygen atoms in total. The average Bonchev–Trinajstić information content (AvgIpc) is 2.76. The molecule has 1 aliphatic rings.